The Hall–Kier alpha value is -1.00. The second-order valence-corrected chi connectivity index (χ2v) is 3.55. The van der Waals surface area contributed by atoms with E-state index in [2.05, 4.69) is 17.9 Å². The number of carbonyl (C=O) groups excluding carboxylic acids is 1. The summed E-state index contributed by atoms with van der Waals surface area (Å²) in [4.78, 5) is 11.3. The molecular formula is C11H15NO2S. The van der Waals surface area contributed by atoms with Crippen molar-refractivity contribution in [1.29, 1.82) is 0 Å². The number of hydrogen-bond acceptors (Lipinski definition) is 4. The van der Waals surface area contributed by atoms with Crippen LogP contribution in [0.5, 0.6) is 0 Å². The van der Waals surface area contributed by atoms with E-state index in [0.29, 0.717) is 12.2 Å². The van der Waals surface area contributed by atoms with Crippen molar-refractivity contribution in [2.45, 2.75) is 12.3 Å². The first-order valence-corrected chi connectivity index (χ1v) is 5.33. The normalized spacial score (nSPS) is 12.2. The van der Waals surface area contributed by atoms with Crippen LogP contribution < -0.4 is 5.32 Å². The largest absolute Gasteiger partial charge is 0.462 e. The van der Waals surface area contributed by atoms with Crippen molar-refractivity contribution in [1.82, 2.24) is 5.32 Å². The van der Waals surface area contributed by atoms with Gasteiger partial charge in [0.05, 0.1) is 17.5 Å². The molecule has 0 aliphatic heterocycles. The summed E-state index contributed by atoms with van der Waals surface area (Å²) in [6.07, 6.45) is 0. The number of nitrogens with one attached hydrogen (secondary N) is 1. The minimum atomic E-state index is -0.288. The average Bonchev–Trinajstić information content (AvgIpc) is 2.28. The van der Waals surface area contributed by atoms with Crippen LogP contribution in [0.15, 0.2) is 24.3 Å². The maximum Gasteiger partial charge on any atom is 0.338 e. The number of esters is 1. The second-order valence-electron chi connectivity index (χ2n) is 3.03. The van der Waals surface area contributed by atoms with Crippen LogP contribution in [0.2, 0.25) is 0 Å². The molecular weight excluding hydrogens is 210 g/mol. The zero-order chi connectivity index (χ0) is 11.3. The third-order valence-electron chi connectivity index (χ3n) is 2.01. The molecule has 1 atom stereocenters. The van der Waals surface area contributed by atoms with E-state index in [1.807, 2.05) is 19.2 Å². The Balaban J connectivity index is 2.76. The number of hydrogen-bond donors (Lipinski definition) is 2. The molecule has 82 valence electrons. The third-order valence-corrected chi connectivity index (χ3v) is 2.57. The highest BCUT2D eigenvalue weighted by molar-refractivity contribution is 7.80. The van der Waals surface area contributed by atoms with Gasteiger partial charge in [-0.1, -0.05) is 12.1 Å². The molecule has 0 aromatic heterocycles. The van der Waals surface area contributed by atoms with Crippen molar-refractivity contribution in [3.63, 3.8) is 0 Å². The molecule has 0 spiro atoms. The fourth-order valence-electron chi connectivity index (χ4n) is 1.18. The van der Waals surface area contributed by atoms with E-state index in [0.717, 1.165) is 5.56 Å². The van der Waals surface area contributed by atoms with Crippen LogP contribution in [0.3, 0.4) is 0 Å². The minimum absolute atomic E-state index is 0.0127. The summed E-state index contributed by atoms with van der Waals surface area (Å²) in [6.45, 7) is 2.18. The van der Waals surface area contributed by atoms with E-state index in [1.165, 1.54) is 0 Å². The van der Waals surface area contributed by atoms with E-state index >= 15 is 0 Å². The third kappa shape index (κ3) is 3.25. The lowest BCUT2D eigenvalue weighted by Gasteiger charge is -2.09. The highest BCUT2D eigenvalue weighted by Gasteiger charge is 2.07. The molecule has 15 heavy (non-hydrogen) atoms. The number of rotatable bonds is 4. The Morgan fingerprint density at radius 1 is 1.47 bits per heavy atom. The summed E-state index contributed by atoms with van der Waals surface area (Å²) in [5, 5.41) is 2.99. The van der Waals surface area contributed by atoms with E-state index in [-0.39, 0.29) is 11.3 Å². The van der Waals surface area contributed by atoms with Crippen LogP contribution >= 0.6 is 12.6 Å². The number of benzene rings is 1. The van der Waals surface area contributed by atoms with Gasteiger partial charge in [0.1, 0.15) is 0 Å². The second kappa shape index (κ2) is 5.78. The van der Waals surface area contributed by atoms with Crippen molar-refractivity contribution in [3.05, 3.63) is 35.4 Å². The van der Waals surface area contributed by atoms with E-state index < -0.39 is 0 Å². The summed E-state index contributed by atoms with van der Waals surface area (Å²) in [7, 11) is 1.83. The minimum Gasteiger partial charge on any atom is -0.462 e. The van der Waals surface area contributed by atoms with Gasteiger partial charge in [0.25, 0.3) is 0 Å². The van der Waals surface area contributed by atoms with E-state index in [4.69, 9.17) is 4.74 Å². The van der Waals surface area contributed by atoms with Gasteiger partial charge < -0.3 is 10.1 Å². The van der Waals surface area contributed by atoms with Crippen molar-refractivity contribution >= 4 is 18.6 Å². The van der Waals surface area contributed by atoms with Crippen LogP contribution in [0.1, 0.15) is 28.2 Å². The predicted molar refractivity (Wildman–Crippen MR) is 63.2 cm³/mol. The Morgan fingerprint density at radius 3 is 2.53 bits per heavy atom. The fraction of sp³-hybridized carbons (Fsp3) is 0.364. The van der Waals surface area contributed by atoms with E-state index in [9.17, 15) is 4.79 Å². The Bertz CT molecular complexity index is 324. The molecule has 0 saturated heterocycles. The first-order valence-electron chi connectivity index (χ1n) is 4.81. The van der Waals surface area contributed by atoms with Gasteiger partial charge >= 0.3 is 5.97 Å². The molecule has 0 bridgehead atoms. The highest BCUT2D eigenvalue weighted by atomic mass is 32.1. The monoisotopic (exact) mass is 225 g/mol. The Morgan fingerprint density at radius 2 is 2.07 bits per heavy atom. The fourth-order valence-corrected chi connectivity index (χ4v) is 1.35. The lowest BCUT2D eigenvalue weighted by Crippen LogP contribution is -2.10. The first kappa shape index (κ1) is 12.1. The molecule has 1 N–H and O–H groups in total. The van der Waals surface area contributed by atoms with Gasteiger partial charge in [-0.2, -0.15) is 12.6 Å². The number of ether oxygens (including phenoxy) is 1. The maximum absolute atomic E-state index is 11.3. The van der Waals surface area contributed by atoms with E-state index in [1.54, 1.807) is 19.1 Å². The molecule has 1 aromatic rings. The van der Waals surface area contributed by atoms with Crippen molar-refractivity contribution < 1.29 is 9.53 Å². The molecule has 0 aliphatic carbocycles. The maximum atomic E-state index is 11.3. The predicted octanol–water partition coefficient (Wildman–Crippen LogP) is 2.01. The summed E-state index contributed by atoms with van der Waals surface area (Å²) >= 11 is 4.32. The van der Waals surface area contributed by atoms with Crippen LogP contribution in [0, 0.1) is 0 Å². The molecule has 0 amide bonds. The van der Waals surface area contributed by atoms with Gasteiger partial charge in [-0.05, 0) is 31.7 Å². The zero-order valence-electron chi connectivity index (χ0n) is 8.86. The summed E-state index contributed by atoms with van der Waals surface area (Å²) in [6, 6.07) is 7.21. The average molecular weight is 225 g/mol. The number of thiol groups is 1. The molecule has 0 saturated carbocycles. The van der Waals surface area contributed by atoms with Crippen molar-refractivity contribution in [2.75, 3.05) is 13.7 Å². The zero-order valence-corrected chi connectivity index (χ0v) is 9.75. The molecule has 1 unspecified atom stereocenters. The molecule has 0 radical (unpaired) electrons. The van der Waals surface area contributed by atoms with Crippen LogP contribution in [0.4, 0.5) is 0 Å². The summed E-state index contributed by atoms with van der Waals surface area (Å²) in [5.74, 6) is -0.288. The Labute approximate surface area is 95.2 Å². The molecule has 0 fully saturated rings. The molecule has 0 aliphatic rings. The van der Waals surface area contributed by atoms with Crippen LogP contribution in [0.25, 0.3) is 0 Å². The van der Waals surface area contributed by atoms with Gasteiger partial charge in [-0.3, -0.25) is 0 Å². The molecule has 4 heteroatoms. The summed E-state index contributed by atoms with van der Waals surface area (Å²) in [5.41, 5.74) is 1.59. The molecule has 0 heterocycles. The van der Waals surface area contributed by atoms with Gasteiger partial charge in [-0.25, -0.2) is 4.79 Å². The molecule has 1 aromatic carbocycles. The highest BCUT2D eigenvalue weighted by Crippen LogP contribution is 2.16. The van der Waals surface area contributed by atoms with Crippen molar-refractivity contribution in [3.8, 4) is 0 Å². The van der Waals surface area contributed by atoms with Gasteiger partial charge in [-0.15, -0.1) is 0 Å². The first-order chi connectivity index (χ1) is 7.19. The van der Waals surface area contributed by atoms with Gasteiger partial charge in [0.15, 0.2) is 0 Å². The smallest absolute Gasteiger partial charge is 0.338 e. The SMILES string of the molecule is CCOC(=O)c1ccc(C(S)NC)cc1. The van der Waals surface area contributed by atoms with Crippen LogP contribution in [-0.4, -0.2) is 19.6 Å². The number of carbonyl (C=O) groups is 1. The molecule has 3 nitrogen and oxygen atoms in total. The molecule has 1 rings (SSSR count). The topological polar surface area (TPSA) is 38.3 Å². The lowest BCUT2D eigenvalue weighted by molar-refractivity contribution is 0.0526. The quantitative estimate of drug-likeness (QED) is 0.468. The Kier molecular flexibility index (Phi) is 4.65. The standard InChI is InChI=1S/C11H15NO2S/c1-3-14-11(13)9-6-4-8(5-7-9)10(15)12-2/h4-7,10,12,15H,3H2,1-2H3. The van der Waals surface area contributed by atoms with Gasteiger partial charge in [0, 0.05) is 0 Å². The lowest BCUT2D eigenvalue weighted by atomic mass is 10.1. The van der Waals surface area contributed by atoms with Gasteiger partial charge in [0.2, 0.25) is 0 Å². The van der Waals surface area contributed by atoms with Crippen molar-refractivity contribution in [2.24, 2.45) is 0 Å². The summed E-state index contributed by atoms with van der Waals surface area (Å²) < 4.78 is 4.88. The van der Waals surface area contributed by atoms with Crippen LogP contribution in [-0.2, 0) is 4.74 Å².